The minimum absolute atomic E-state index is 0.745. The molecule has 0 rings (SSSR count). The molecule has 0 aliphatic heterocycles. The van der Waals surface area contributed by atoms with Gasteiger partial charge in [-0.15, -0.1) is 0 Å². The van der Waals surface area contributed by atoms with Gasteiger partial charge in [0.05, 0.1) is 26.4 Å². The first-order valence-electron chi connectivity index (χ1n) is 5.55. The molecule has 0 fully saturated rings. The van der Waals surface area contributed by atoms with Crippen LogP contribution in [0.3, 0.4) is 0 Å². The van der Waals surface area contributed by atoms with Crippen molar-refractivity contribution in [3.63, 3.8) is 0 Å². The highest BCUT2D eigenvalue weighted by atomic mass is 16.6. The number of ether oxygens (including phenoxy) is 2. The molecule has 0 aromatic heterocycles. The van der Waals surface area contributed by atoms with Crippen LogP contribution in [0.15, 0.2) is 25.3 Å². The lowest BCUT2D eigenvalue weighted by Crippen LogP contribution is -2.67. The quantitative estimate of drug-likeness (QED) is 0.280. The first-order valence-corrected chi connectivity index (χ1v) is 5.55. The average Bonchev–Trinajstić information content (AvgIpc) is 2.49. The molecular formula is C12H18O8. The van der Waals surface area contributed by atoms with Crippen LogP contribution >= 0.6 is 0 Å². The first kappa shape index (κ1) is 18.3. The second-order valence-corrected chi connectivity index (χ2v) is 3.87. The summed E-state index contributed by atoms with van der Waals surface area (Å²) in [6.45, 7) is 2.20. The Morgan fingerprint density at radius 3 is 1.20 bits per heavy atom. The summed E-state index contributed by atoms with van der Waals surface area (Å²) < 4.78 is 9.58. The highest BCUT2D eigenvalue weighted by Crippen LogP contribution is 2.30. The van der Waals surface area contributed by atoms with Gasteiger partial charge >= 0.3 is 11.9 Å². The Kier molecular flexibility index (Phi) is 7.08. The van der Waals surface area contributed by atoms with Crippen LogP contribution in [0, 0.1) is 0 Å². The Labute approximate surface area is 115 Å². The number of rotatable bonds is 9. The van der Waals surface area contributed by atoms with Crippen molar-refractivity contribution in [1.29, 1.82) is 0 Å². The predicted molar refractivity (Wildman–Crippen MR) is 66.4 cm³/mol. The maximum absolute atomic E-state index is 11.3. The third-order valence-corrected chi connectivity index (χ3v) is 2.78. The zero-order valence-corrected chi connectivity index (χ0v) is 10.8. The lowest BCUT2D eigenvalue weighted by molar-refractivity contribution is -0.245. The smallest absolute Gasteiger partial charge is 0.331 e. The van der Waals surface area contributed by atoms with E-state index in [1.807, 2.05) is 0 Å². The fraction of sp³-hybridized carbons (Fsp3) is 0.500. The molecule has 8 heteroatoms. The summed E-state index contributed by atoms with van der Waals surface area (Å²) >= 11 is 0. The second-order valence-electron chi connectivity index (χ2n) is 3.87. The zero-order chi connectivity index (χ0) is 15.8. The normalized spacial score (nSPS) is 11.6. The molecule has 0 saturated heterocycles. The van der Waals surface area contributed by atoms with Crippen molar-refractivity contribution in [2.75, 3.05) is 26.4 Å². The predicted octanol–water partition coefficient (Wildman–Crippen LogP) is -2.11. The Hall–Kier alpha value is -1.74. The van der Waals surface area contributed by atoms with Gasteiger partial charge in [-0.2, -0.15) is 0 Å². The van der Waals surface area contributed by atoms with Gasteiger partial charge in [0.2, 0.25) is 11.2 Å². The highest BCUT2D eigenvalue weighted by Gasteiger charge is 2.57. The van der Waals surface area contributed by atoms with E-state index in [9.17, 15) is 30.0 Å². The van der Waals surface area contributed by atoms with Crippen LogP contribution in [0.25, 0.3) is 0 Å². The number of hydrogen-bond donors (Lipinski definition) is 4. The molecule has 0 unspecified atom stereocenters. The minimum Gasteiger partial charge on any atom is -0.446 e. The van der Waals surface area contributed by atoms with Gasteiger partial charge < -0.3 is 29.9 Å². The minimum atomic E-state index is -2.25. The Morgan fingerprint density at radius 1 is 0.800 bits per heavy atom. The summed E-state index contributed by atoms with van der Waals surface area (Å²) in [5, 5.41) is 37.6. The second kappa shape index (κ2) is 7.75. The van der Waals surface area contributed by atoms with E-state index in [2.05, 4.69) is 13.2 Å². The molecular weight excluding hydrogens is 272 g/mol. The molecule has 0 spiro atoms. The average molecular weight is 290 g/mol. The van der Waals surface area contributed by atoms with E-state index in [1.54, 1.807) is 0 Å². The number of hydrogen-bond acceptors (Lipinski definition) is 8. The molecule has 0 bridgehead atoms. The number of aliphatic hydroxyl groups excluding tert-OH is 4. The van der Waals surface area contributed by atoms with Gasteiger partial charge in [0.1, 0.15) is 0 Å². The Balaban J connectivity index is 5.74. The number of esters is 2. The molecule has 0 aliphatic carbocycles. The topological polar surface area (TPSA) is 134 Å². The van der Waals surface area contributed by atoms with E-state index >= 15 is 0 Å². The summed E-state index contributed by atoms with van der Waals surface area (Å²) in [5.41, 5.74) is -4.50. The molecule has 0 aromatic carbocycles. The molecule has 0 aliphatic rings. The standard InChI is InChI=1S/C12H18O8/c1-3-9(17)19-11(5-13,6-14)12(7-15,8-16)20-10(18)4-2/h3-4,13-16H,1-2,5-8H2. The SMILES string of the molecule is C=CC(=O)OC(CO)(CO)C(CO)(CO)OC(=O)C=C. The summed E-state index contributed by atoms with van der Waals surface area (Å²) in [6.07, 6.45) is 1.49. The van der Waals surface area contributed by atoms with E-state index in [-0.39, 0.29) is 0 Å². The van der Waals surface area contributed by atoms with E-state index in [1.165, 1.54) is 0 Å². The van der Waals surface area contributed by atoms with Gasteiger partial charge in [-0.3, -0.25) is 0 Å². The van der Waals surface area contributed by atoms with Crippen LogP contribution < -0.4 is 0 Å². The summed E-state index contributed by atoms with van der Waals surface area (Å²) in [5.74, 6) is -2.09. The lowest BCUT2D eigenvalue weighted by atomic mass is 9.84. The van der Waals surface area contributed by atoms with E-state index in [0.29, 0.717) is 0 Å². The number of carbonyl (C=O) groups excluding carboxylic acids is 2. The fourth-order valence-electron chi connectivity index (χ4n) is 1.46. The van der Waals surface area contributed by atoms with Gasteiger partial charge in [-0.25, -0.2) is 9.59 Å². The van der Waals surface area contributed by atoms with Crippen molar-refractivity contribution >= 4 is 11.9 Å². The van der Waals surface area contributed by atoms with Gasteiger partial charge in [-0.05, 0) is 0 Å². The molecule has 0 amide bonds. The summed E-state index contributed by atoms with van der Waals surface area (Å²) in [6, 6.07) is 0. The van der Waals surface area contributed by atoms with Crippen LogP contribution in [-0.2, 0) is 19.1 Å². The number of aliphatic hydroxyl groups is 4. The third-order valence-electron chi connectivity index (χ3n) is 2.78. The fourth-order valence-corrected chi connectivity index (χ4v) is 1.46. The van der Waals surface area contributed by atoms with E-state index in [4.69, 9.17) is 9.47 Å². The number of carbonyl (C=O) groups is 2. The van der Waals surface area contributed by atoms with Crippen LogP contribution in [0.5, 0.6) is 0 Å². The van der Waals surface area contributed by atoms with Crippen LogP contribution in [0.1, 0.15) is 0 Å². The molecule has 4 N–H and O–H groups in total. The summed E-state index contributed by atoms with van der Waals surface area (Å²) in [4.78, 5) is 22.6. The molecule has 0 aromatic rings. The third kappa shape index (κ3) is 3.42. The Morgan fingerprint density at radius 2 is 1.05 bits per heavy atom. The molecule has 8 nitrogen and oxygen atoms in total. The van der Waals surface area contributed by atoms with Crippen LogP contribution in [-0.4, -0.2) is 70.0 Å². The lowest BCUT2D eigenvalue weighted by Gasteiger charge is -2.44. The monoisotopic (exact) mass is 290 g/mol. The van der Waals surface area contributed by atoms with E-state index in [0.717, 1.165) is 12.2 Å². The molecule has 0 heterocycles. The summed E-state index contributed by atoms with van der Waals surface area (Å²) in [7, 11) is 0. The van der Waals surface area contributed by atoms with Crippen LogP contribution in [0.2, 0.25) is 0 Å². The largest absolute Gasteiger partial charge is 0.446 e. The highest BCUT2D eigenvalue weighted by molar-refractivity contribution is 5.83. The van der Waals surface area contributed by atoms with Crippen molar-refractivity contribution in [2.24, 2.45) is 0 Å². The molecule has 0 radical (unpaired) electrons. The van der Waals surface area contributed by atoms with Crippen molar-refractivity contribution in [3.8, 4) is 0 Å². The van der Waals surface area contributed by atoms with Gasteiger partial charge in [0.25, 0.3) is 0 Å². The molecule has 0 saturated carbocycles. The molecule has 114 valence electrons. The first-order chi connectivity index (χ1) is 9.40. The van der Waals surface area contributed by atoms with Gasteiger partial charge in [0, 0.05) is 12.2 Å². The molecule has 0 atom stereocenters. The zero-order valence-electron chi connectivity index (χ0n) is 10.8. The van der Waals surface area contributed by atoms with Crippen molar-refractivity contribution in [1.82, 2.24) is 0 Å². The molecule has 20 heavy (non-hydrogen) atoms. The van der Waals surface area contributed by atoms with Crippen molar-refractivity contribution < 1.29 is 39.5 Å². The van der Waals surface area contributed by atoms with Gasteiger partial charge in [0.15, 0.2) is 0 Å². The van der Waals surface area contributed by atoms with Crippen LogP contribution in [0.4, 0.5) is 0 Å². The Bertz CT molecular complexity index is 332. The maximum Gasteiger partial charge on any atom is 0.331 e. The van der Waals surface area contributed by atoms with E-state index < -0.39 is 49.6 Å². The van der Waals surface area contributed by atoms with Gasteiger partial charge in [-0.1, -0.05) is 13.2 Å². The van der Waals surface area contributed by atoms with Crippen molar-refractivity contribution in [3.05, 3.63) is 25.3 Å². The maximum atomic E-state index is 11.3. The van der Waals surface area contributed by atoms with Crippen molar-refractivity contribution in [2.45, 2.75) is 11.2 Å².